The molecule has 210 valence electrons. The Bertz CT molecular complexity index is 853. The Morgan fingerprint density at radius 2 is 0.833 bits per heavy atom. The second-order valence-electron chi connectivity index (χ2n) is 9.16. The number of rotatable bonds is 24. The number of thioether (sulfide) groups is 2. The molecule has 0 unspecified atom stereocenters. The van der Waals surface area contributed by atoms with Crippen LogP contribution in [0.3, 0.4) is 0 Å². The number of aliphatic hydroxyl groups is 2. The van der Waals surface area contributed by atoms with Crippen molar-refractivity contribution in [2.45, 2.75) is 110 Å². The molecule has 0 aliphatic carbocycles. The molecule has 0 radical (unpaired) electrons. The largest absolute Gasteiger partial charge is 0.396 e. The molecule has 0 saturated heterocycles. The van der Waals surface area contributed by atoms with Gasteiger partial charge in [0.2, 0.25) is 0 Å². The van der Waals surface area contributed by atoms with Crippen LogP contribution in [0.4, 0.5) is 0 Å². The maximum atomic E-state index is 12.9. The summed E-state index contributed by atoms with van der Waals surface area (Å²) in [5.41, 5.74) is -1.47. The first kappa shape index (κ1) is 33.1. The van der Waals surface area contributed by atoms with Gasteiger partial charge in [-0.15, -0.1) is 0 Å². The van der Waals surface area contributed by atoms with Crippen LogP contribution < -0.4 is 17.1 Å². The minimum absolute atomic E-state index is 0.256. The zero-order valence-corrected chi connectivity index (χ0v) is 24.0. The van der Waals surface area contributed by atoms with E-state index in [0.29, 0.717) is 19.7 Å². The lowest BCUT2D eigenvalue weighted by molar-refractivity contribution is 0.282. The molecule has 0 aliphatic rings. The summed E-state index contributed by atoms with van der Waals surface area (Å²) in [6.07, 6.45) is 13.7. The highest BCUT2D eigenvalue weighted by Crippen LogP contribution is 2.12. The van der Waals surface area contributed by atoms with Crippen LogP contribution in [-0.4, -0.2) is 60.1 Å². The van der Waals surface area contributed by atoms with Crippen LogP contribution in [0.2, 0.25) is 0 Å². The average molecular weight is 548 g/mol. The number of hydrogen-bond acceptors (Lipinski definition) is 7. The summed E-state index contributed by atoms with van der Waals surface area (Å²) in [4.78, 5) is 38.4. The van der Waals surface area contributed by atoms with Gasteiger partial charge in [0.1, 0.15) is 0 Å². The Morgan fingerprint density at radius 1 is 0.500 bits per heavy atom. The molecule has 0 atom stereocenters. The lowest BCUT2D eigenvalue weighted by Crippen LogP contribution is -2.54. The molecular weight excluding hydrogens is 498 g/mol. The van der Waals surface area contributed by atoms with E-state index < -0.39 is 17.1 Å². The van der Waals surface area contributed by atoms with E-state index in [1.165, 1.54) is 45.8 Å². The highest BCUT2D eigenvalue weighted by Gasteiger charge is 2.14. The van der Waals surface area contributed by atoms with Gasteiger partial charge in [-0.25, -0.2) is 28.1 Å². The van der Waals surface area contributed by atoms with Crippen molar-refractivity contribution in [2.75, 3.05) is 36.2 Å². The monoisotopic (exact) mass is 547 g/mol. The van der Waals surface area contributed by atoms with Crippen LogP contribution in [-0.2, 0) is 19.6 Å². The lowest BCUT2D eigenvalue weighted by Gasteiger charge is -2.13. The van der Waals surface area contributed by atoms with Gasteiger partial charge in [0.15, 0.2) is 0 Å². The molecule has 0 fully saturated rings. The Labute approximate surface area is 224 Å². The highest BCUT2D eigenvalue weighted by atomic mass is 32.2. The van der Waals surface area contributed by atoms with Crippen molar-refractivity contribution >= 4 is 23.5 Å². The van der Waals surface area contributed by atoms with Crippen LogP contribution in [0.15, 0.2) is 14.4 Å². The zero-order chi connectivity index (χ0) is 26.4. The van der Waals surface area contributed by atoms with E-state index in [9.17, 15) is 14.4 Å². The Kier molecular flexibility index (Phi) is 20.3. The maximum Gasteiger partial charge on any atom is 0.336 e. The molecule has 0 saturated carbocycles. The van der Waals surface area contributed by atoms with E-state index in [2.05, 4.69) is 0 Å². The molecule has 0 aromatic carbocycles. The van der Waals surface area contributed by atoms with Crippen molar-refractivity contribution in [1.82, 2.24) is 13.7 Å². The fourth-order valence-corrected chi connectivity index (χ4v) is 5.95. The third-order valence-electron chi connectivity index (χ3n) is 6.19. The van der Waals surface area contributed by atoms with Crippen LogP contribution in [0.25, 0.3) is 0 Å². The first-order chi connectivity index (χ1) is 17.6. The summed E-state index contributed by atoms with van der Waals surface area (Å²) in [6, 6.07) is 0. The molecule has 0 bridgehead atoms. The molecule has 0 aliphatic heterocycles. The summed E-state index contributed by atoms with van der Waals surface area (Å²) in [6.45, 7) is 3.25. The smallest absolute Gasteiger partial charge is 0.336 e. The summed E-state index contributed by atoms with van der Waals surface area (Å²) >= 11 is 3.68. The van der Waals surface area contributed by atoms with Gasteiger partial charge in [0.25, 0.3) is 0 Å². The second-order valence-corrected chi connectivity index (χ2v) is 11.6. The summed E-state index contributed by atoms with van der Waals surface area (Å²) in [7, 11) is 0. The number of aromatic nitrogens is 3. The van der Waals surface area contributed by atoms with Gasteiger partial charge in [0.05, 0.1) is 0 Å². The quantitative estimate of drug-likeness (QED) is 0.190. The number of hydrogen-bond donors (Lipinski definition) is 2. The first-order valence-corrected chi connectivity index (χ1v) is 16.2. The van der Waals surface area contributed by atoms with E-state index in [4.69, 9.17) is 10.2 Å². The fraction of sp³-hybridized carbons (Fsp3) is 0.885. The number of unbranched alkanes of at least 4 members (excludes halogenated alkanes) is 9. The Balaban J connectivity index is 2.41. The molecule has 1 aromatic heterocycles. The number of nitrogens with zero attached hydrogens (tertiary/aromatic N) is 3. The van der Waals surface area contributed by atoms with Gasteiger partial charge in [-0.05, 0) is 68.5 Å². The van der Waals surface area contributed by atoms with E-state index in [1.807, 2.05) is 23.5 Å². The zero-order valence-electron chi connectivity index (χ0n) is 22.3. The van der Waals surface area contributed by atoms with Crippen molar-refractivity contribution in [3.8, 4) is 0 Å². The van der Waals surface area contributed by atoms with Crippen LogP contribution in [0.1, 0.15) is 90.4 Å². The predicted octanol–water partition coefficient (Wildman–Crippen LogP) is 3.71. The molecule has 1 heterocycles. The molecule has 2 N–H and O–H groups in total. The third-order valence-corrected chi connectivity index (χ3v) is 8.50. The molecule has 10 heteroatoms. The fourth-order valence-electron chi connectivity index (χ4n) is 4.06. The summed E-state index contributed by atoms with van der Waals surface area (Å²) < 4.78 is 3.65. The van der Waals surface area contributed by atoms with Crippen molar-refractivity contribution in [1.29, 1.82) is 0 Å². The van der Waals surface area contributed by atoms with Gasteiger partial charge < -0.3 is 10.2 Å². The van der Waals surface area contributed by atoms with E-state index >= 15 is 0 Å². The highest BCUT2D eigenvalue weighted by molar-refractivity contribution is 7.99. The molecule has 0 amide bonds. The standard InChI is InChI=1S/C26H49N3O5S2/c1-2-27-24(32)28(16-14-22-35-20-12-8-5-3-4-6-10-18-30)26(34)29(25(27)33)17-15-23-36-21-13-9-7-11-19-31/h30-31H,2-23H2,1H3. The average Bonchev–Trinajstić information content (AvgIpc) is 2.87. The topological polar surface area (TPSA) is 106 Å². The normalized spacial score (nSPS) is 11.4. The molecule has 1 aromatic rings. The van der Waals surface area contributed by atoms with Crippen molar-refractivity contribution in [3.05, 3.63) is 31.5 Å². The Hall–Kier alpha value is -0.970. The molecular formula is C26H49N3O5S2. The second kappa shape index (κ2) is 22.1. The summed E-state index contributed by atoms with van der Waals surface area (Å²) in [5, 5.41) is 17.6. The molecule has 36 heavy (non-hydrogen) atoms. The van der Waals surface area contributed by atoms with Crippen LogP contribution in [0.5, 0.6) is 0 Å². The van der Waals surface area contributed by atoms with Crippen molar-refractivity contribution in [2.24, 2.45) is 0 Å². The van der Waals surface area contributed by atoms with Crippen LogP contribution >= 0.6 is 23.5 Å². The maximum absolute atomic E-state index is 12.9. The van der Waals surface area contributed by atoms with E-state index in [0.717, 1.165) is 74.4 Å². The number of aliphatic hydroxyl groups excluding tert-OH is 2. The minimum atomic E-state index is -0.497. The molecule has 1 rings (SSSR count). The van der Waals surface area contributed by atoms with Crippen molar-refractivity contribution < 1.29 is 10.2 Å². The SMILES string of the molecule is CCn1c(=O)n(CCCSCCCCCCO)c(=O)n(CCCSCCCCCCCCCO)c1=O. The van der Waals surface area contributed by atoms with E-state index in [-0.39, 0.29) is 13.2 Å². The van der Waals surface area contributed by atoms with Gasteiger partial charge >= 0.3 is 17.1 Å². The molecule has 8 nitrogen and oxygen atoms in total. The Morgan fingerprint density at radius 3 is 1.22 bits per heavy atom. The summed E-state index contributed by atoms with van der Waals surface area (Å²) in [5.74, 6) is 3.89. The van der Waals surface area contributed by atoms with Gasteiger partial charge in [0, 0.05) is 32.8 Å². The van der Waals surface area contributed by atoms with Crippen LogP contribution in [0, 0.1) is 0 Å². The predicted molar refractivity (Wildman–Crippen MR) is 154 cm³/mol. The third kappa shape index (κ3) is 13.5. The van der Waals surface area contributed by atoms with Gasteiger partial charge in [-0.3, -0.25) is 0 Å². The molecule has 0 spiro atoms. The lowest BCUT2D eigenvalue weighted by atomic mass is 10.1. The minimum Gasteiger partial charge on any atom is -0.396 e. The van der Waals surface area contributed by atoms with Crippen molar-refractivity contribution in [3.63, 3.8) is 0 Å². The van der Waals surface area contributed by atoms with E-state index in [1.54, 1.807) is 6.92 Å². The van der Waals surface area contributed by atoms with Gasteiger partial charge in [-0.1, -0.05) is 44.9 Å². The van der Waals surface area contributed by atoms with Gasteiger partial charge in [-0.2, -0.15) is 23.5 Å². The first-order valence-electron chi connectivity index (χ1n) is 13.9.